The van der Waals surface area contributed by atoms with E-state index in [4.69, 9.17) is 9.47 Å². The fourth-order valence-corrected chi connectivity index (χ4v) is 3.65. The van der Waals surface area contributed by atoms with E-state index in [9.17, 15) is 0 Å². The Morgan fingerprint density at radius 3 is 1.82 bits per heavy atom. The summed E-state index contributed by atoms with van der Waals surface area (Å²) in [5, 5.41) is 0. The molecule has 0 aromatic carbocycles. The summed E-state index contributed by atoms with van der Waals surface area (Å²) in [6.45, 7) is 4.67. The number of aryl methyl sites for hydroxylation is 1. The number of unbranched alkanes of at least 4 members (excludes halogenated alkanes) is 13. The molecule has 0 amide bonds. The van der Waals surface area contributed by atoms with Crippen molar-refractivity contribution in [2.24, 2.45) is 7.05 Å². The maximum atomic E-state index is 5.83. The van der Waals surface area contributed by atoms with Crippen LogP contribution in [-0.4, -0.2) is 31.0 Å². The minimum absolute atomic E-state index is 0.124. The Balaban J connectivity index is 1.81. The van der Waals surface area contributed by atoms with Crippen molar-refractivity contribution in [3.05, 3.63) is 18.7 Å². The summed E-state index contributed by atoms with van der Waals surface area (Å²) in [5.41, 5.74) is 0. The average molecular weight is 396 g/mol. The maximum absolute atomic E-state index is 5.83. The summed E-state index contributed by atoms with van der Waals surface area (Å²) in [6.07, 6.45) is 25.8. The van der Waals surface area contributed by atoms with Crippen molar-refractivity contribution >= 4 is 0 Å². The highest BCUT2D eigenvalue weighted by Crippen LogP contribution is 2.13. The largest absolute Gasteiger partial charge is 0.379 e. The third kappa shape index (κ3) is 14.2. The molecule has 1 heterocycles. The highest BCUT2D eigenvalue weighted by molar-refractivity contribution is 4.69. The van der Waals surface area contributed by atoms with Gasteiger partial charge < -0.3 is 9.47 Å². The van der Waals surface area contributed by atoms with E-state index < -0.39 is 0 Å². The normalized spacial score (nSPS) is 12.5. The van der Waals surface area contributed by atoms with Gasteiger partial charge in [0.25, 0.3) is 0 Å². The molecule has 1 aromatic rings. The van der Waals surface area contributed by atoms with Crippen LogP contribution in [0.5, 0.6) is 0 Å². The monoisotopic (exact) mass is 395 g/mol. The van der Waals surface area contributed by atoms with Crippen LogP contribution in [0.3, 0.4) is 0 Å². The van der Waals surface area contributed by atoms with Gasteiger partial charge in [0, 0.05) is 13.7 Å². The molecule has 1 unspecified atom stereocenters. The van der Waals surface area contributed by atoms with Crippen LogP contribution in [-0.2, 0) is 23.1 Å². The van der Waals surface area contributed by atoms with Gasteiger partial charge in [-0.15, -0.1) is 0 Å². The van der Waals surface area contributed by atoms with Crippen molar-refractivity contribution in [1.29, 1.82) is 0 Å². The van der Waals surface area contributed by atoms with E-state index in [0.29, 0.717) is 6.61 Å². The minimum Gasteiger partial charge on any atom is -0.379 e. The lowest BCUT2D eigenvalue weighted by atomic mass is 10.0. The fraction of sp³-hybridized carbons (Fsp3) is 0.875. The number of hydrogen-bond donors (Lipinski definition) is 0. The second-order valence-electron chi connectivity index (χ2n) is 8.30. The molecule has 0 fully saturated rings. The van der Waals surface area contributed by atoms with Crippen molar-refractivity contribution in [1.82, 2.24) is 4.57 Å². The van der Waals surface area contributed by atoms with E-state index in [1.807, 2.05) is 17.8 Å². The van der Waals surface area contributed by atoms with Gasteiger partial charge in [0.05, 0.1) is 13.7 Å². The average Bonchev–Trinajstić information content (AvgIpc) is 3.11. The van der Waals surface area contributed by atoms with E-state index in [0.717, 1.165) is 13.2 Å². The molecule has 0 saturated heterocycles. The molecule has 1 atom stereocenters. The van der Waals surface area contributed by atoms with E-state index in [1.165, 1.54) is 89.9 Å². The zero-order valence-electron chi connectivity index (χ0n) is 19.0. The molecule has 0 saturated carbocycles. The van der Waals surface area contributed by atoms with E-state index >= 15 is 0 Å². The quantitative estimate of drug-likeness (QED) is 0.205. The van der Waals surface area contributed by atoms with E-state index in [2.05, 4.69) is 24.0 Å². The Labute approximate surface area is 174 Å². The molecular formula is C24H47N2O2+. The van der Waals surface area contributed by atoms with Gasteiger partial charge in [0.15, 0.2) is 0 Å². The molecule has 0 N–H and O–H groups in total. The standard InChI is InChI=1S/C24H47N2O2/c1-4-5-6-7-8-9-10-11-12-13-14-15-16-17-20-28-22-24(27-3)21-26-19-18-25(2)23-26/h18-19,23-24H,4-17,20-22H2,1-3H3/q+1. The highest BCUT2D eigenvalue weighted by Gasteiger charge is 2.12. The second kappa shape index (κ2) is 18.2. The van der Waals surface area contributed by atoms with Crippen molar-refractivity contribution in [3.63, 3.8) is 0 Å². The SMILES string of the molecule is CCCCCCCCCCCCCCCCOCC(Cn1cc[n+](C)c1)OC. The van der Waals surface area contributed by atoms with Gasteiger partial charge in [0.1, 0.15) is 25.0 Å². The lowest BCUT2D eigenvalue weighted by Crippen LogP contribution is -2.27. The first-order valence-corrected chi connectivity index (χ1v) is 11.9. The van der Waals surface area contributed by atoms with Gasteiger partial charge in [-0.05, 0) is 6.42 Å². The number of rotatable bonds is 20. The van der Waals surface area contributed by atoms with Gasteiger partial charge in [-0.25, -0.2) is 9.13 Å². The Kier molecular flexibility index (Phi) is 16.3. The molecule has 28 heavy (non-hydrogen) atoms. The van der Waals surface area contributed by atoms with Gasteiger partial charge in [-0.2, -0.15) is 0 Å². The summed E-state index contributed by atoms with van der Waals surface area (Å²) >= 11 is 0. The predicted molar refractivity (Wildman–Crippen MR) is 118 cm³/mol. The van der Waals surface area contributed by atoms with Crippen molar-refractivity contribution in [2.45, 2.75) is 109 Å². The third-order valence-corrected chi connectivity index (χ3v) is 5.52. The molecule has 4 nitrogen and oxygen atoms in total. The predicted octanol–water partition coefficient (Wildman–Crippen LogP) is 5.83. The molecule has 164 valence electrons. The third-order valence-electron chi connectivity index (χ3n) is 5.52. The summed E-state index contributed by atoms with van der Waals surface area (Å²) in [7, 11) is 3.80. The summed E-state index contributed by atoms with van der Waals surface area (Å²) in [4.78, 5) is 0. The Morgan fingerprint density at radius 2 is 1.36 bits per heavy atom. The molecule has 1 rings (SSSR count). The fourth-order valence-electron chi connectivity index (χ4n) is 3.65. The molecule has 0 aliphatic rings. The molecule has 0 aliphatic carbocycles. The van der Waals surface area contributed by atoms with E-state index in [1.54, 1.807) is 7.11 Å². The summed E-state index contributed by atoms with van der Waals surface area (Å²) in [5.74, 6) is 0. The minimum atomic E-state index is 0.124. The molecule has 1 aromatic heterocycles. The van der Waals surface area contributed by atoms with Crippen LogP contribution >= 0.6 is 0 Å². The van der Waals surface area contributed by atoms with Crippen LogP contribution in [0.4, 0.5) is 0 Å². The lowest BCUT2D eigenvalue weighted by molar-refractivity contribution is -0.671. The van der Waals surface area contributed by atoms with Crippen LogP contribution in [0, 0.1) is 0 Å². The molecule has 0 radical (unpaired) electrons. The lowest BCUT2D eigenvalue weighted by Gasteiger charge is -2.13. The Hall–Kier alpha value is -0.870. The molecule has 4 heteroatoms. The number of methoxy groups -OCH3 is 1. The maximum Gasteiger partial charge on any atom is 0.243 e. The topological polar surface area (TPSA) is 27.3 Å². The van der Waals surface area contributed by atoms with Crippen LogP contribution in [0.25, 0.3) is 0 Å². The summed E-state index contributed by atoms with van der Waals surface area (Å²) < 4.78 is 15.5. The molecule has 0 aliphatic heterocycles. The van der Waals surface area contributed by atoms with Crippen molar-refractivity contribution in [3.8, 4) is 0 Å². The number of imidazole rings is 1. The van der Waals surface area contributed by atoms with Gasteiger partial charge in [-0.3, -0.25) is 0 Å². The first-order chi connectivity index (χ1) is 13.8. The number of hydrogen-bond acceptors (Lipinski definition) is 2. The van der Waals surface area contributed by atoms with Crippen LogP contribution in [0.1, 0.15) is 96.8 Å². The van der Waals surface area contributed by atoms with Crippen LogP contribution < -0.4 is 4.57 Å². The Morgan fingerprint density at radius 1 is 0.821 bits per heavy atom. The van der Waals surface area contributed by atoms with Crippen molar-refractivity contribution < 1.29 is 14.0 Å². The van der Waals surface area contributed by atoms with Gasteiger partial charge in [-0.1, -0.05) is 90.4 Å². The number of ether oxygens (including phenoxy) is 2. The first-order valence-electron chi connectivity index (χ1n) is 11.9. The highest BCUT2D eigenvalue weighted by atomic mass is 16.5. The number of aromatic nitrogens is 2. The second-order valence-corrected chi connectivity index (χ2v) is 8.30. The molecule has 0 spiro atoms. The zero-order valence-corrected chi connectivity index (χ0v) is 19.0. The summed E-state index contributed by atoms with van der Waals surface area (Å²) in [6, 6.07) is 0. The number of nitrogens with zero attached hydrogens (tertiary/aromatic N) is 2. The Bertz CT molecular complexity index is 448. The van der Waals surface area contributed by atoms with Gasteiger partial charge >= 0.3 is 0 Å². The molecule has 0 bridgehead atoms. The zero-order chi connectivity index (χ0) is 20.3. The van der Waals surface area contributed by atoms with Crippen molar-refractivity contribution in [2.75, 3.05) is 20.3 Å². The van der Waals surface area contributed by atoms with Crippen LogP contribution in [0.15, 0.2) is 18.7 Å². The van der Waals surface area contributed by atoms with Gasteiger partial charge in [0.2, 0.25) is 6.33 Å². The smallest absolute Gasteiger partial charge is 0.243 e. The van der Waals surface area contributed by atoms with Crippen LogP contribution in [0.2, 0.25) is 0 Å². The van der Waals surface area contributed by atoms with E-state index in [-0.39, 0.29) is 6.10 Å². The molecular weight excluding hydrogens is 348 g/mol. The first kappa shape index (κ1) is 25.2.